The molecule has 17 heavy (non-hydrogen) atoms. The van der Waals surface area contributed by atoms with E-state index in [9.17, 15) is 4.79 Å². The number of hydrogen-bond donors (Lipinski definition) is 2. The molecule has 0 radical (unpaired) electrons. The second kappa shape index (κ2) is 5.31. The molecule has 2 rings (SSSR count). The molecule has 1 amide bonds. The Labute approximate surface area is 105 Å². The monoisotopic (exact) mass is 254 g/mol. The predicted octanol–water partition coefficient (Wildman–Crippen LogP) is 1.38. The molecule has 6 heteroatoms. The Morgan fingerprint density at radius 3 is 2.94 bits per heavy atom. The summed E-state index contributed by atoms with van der Waals surface area (Å²) in [5.41, 5.74) is 0.841. The molecule has 0 saturated heterocycles. The lowest BCUT2D eigenvalue weighted by atomic mass is 10.2. The number of nitrogens with one attached hydrogen (secondary N) is 2. The van der Waals surface area contributed by atoms with E-state index in [2.05, 4.69) is 20.6 Å². The predicted molar refractivity (Wildman–Crippen MR) is 66.1 cm³/mol. The number of carbonyl (C=O) groups is 1. The largest absolute Gasteiger partial charge is 0.361 e. The fourth-order valence-electron chi connectivity index (χ4n) is 1.53. The molecule has 1 heterocycles. The standard InChI is InChI=1S/C11H15ClN4O/c1-2-8-10(12)14-6-15-11(8)13-5-9(17)16-7-3-4-7/h6-7H,2-5H2,1H3,(H,16,17)(H,13,14,15). The molecule has 1 fully saturated rings. The van der Waals surface area contributed by atoms with E-state index in [4.69, 9.17) is 11.6 Å². The van der Waals surface area contributed by atoms with Crippen molar-refractivity contribution in [3.8, 4) is 0 Å². The molecule has 92 valence electrons. The SMILES string of the molecule is CCc1c(Cl)ncnc1NCC(=O)NC1CC1. The van der Waals surface area contributed by atoms with E-state index < -0.39 is 0 Å². The molecule has 0 atom stereocenters. The Hall–Kier alpha value is -1.36. The Balaban J connectivity index is 1.93. The van der Waals surface area contributed by atoms with Crippen molar-refractivity contribution in [3.63, 3.8) is 0 Å². The van der Waals surface area contributed by atoms with Crippen molar-refractivity contribution in [2.24, 2.45) is 0 Å². The van der Waals surface area contributed by atoms with Gasteiger partial charge in [0.25, 0.3) is 0 Å². The summed E-state index contributed by atoms with van der Waals surface area (Å²) in [4.78, 5) is 19.5. The molecule has 0 aliphatic heterocycles. The normalized spacial score (nSPS) is 14.5. The van der Waals surface area contributed by atoms with Gasteiger partial charge in [0.15, 0.2) is 0 Å². The van der Waals surface area contributed by atoms with Crippen LogP contribution < -0.4 is 10.6 Å². The van der Waals surface area contributed by atoms with Crippen molar-refractivity contribution >= 4 is 23.3 Å². The van der Waals surface area contributed by atoms with Crippen LogP contribution in [0.2, 0.25) is 5.15 Å². The van der Waals surface area contributed by atoms with Gasteiger partial charge in [0.2, 0.25) is 5.91 Å². The van der Waals surface area contributed by atoms with Gasteiger partial charge in [0, 0.05) is 11.6 Å². The average molecular weight is 255 g/mol. The summed E-state index contributed by atoms with van der Waals surface area (Å²) < 4.78 is 0. The first kappa shape index (κ1) is 12.1. The first-order valence-electron chi connectivity index (χ1n) is 5.73. The second-order valence-electron chi connectivity index (χ2n) is 4.04. The lowest BCUT2D eigenvalue weighted by Gasteiger charge is -2.10. The summed E-state index contributed by atoms with van der Waals surface area (Å²) in [5, 5.41) is 6.33. The van der Waals surface area contributed by atoms with Gasteiger partial charge in [-0.2, -0.15) is 0 Å². The Bertz CT molecular complexity index is 420. The molecule has 1 aromatic rings. The zero-order chi connectivity index (χ0) is 12.3. The molecule has 1 saturated carbocycles. The summed E-state index contributed by atoms with van der Waals surface area (Å²) in [7, 11) is 0. The van der Waals surface area contributed by atoms with Gasteiger partial charge in [-0.1, -0.05) is 18.5 Å². The lowest BCUT2D eigenvalue weighted by Crippen LogP contribution is -2.31. The minimum atomic E-state index is -0.00992. The van der Waals surface area contributed by atoms with Crippen LogP contribution in [0.15, 0.2) is 6.33 Å². The Kier molecular flexibility index (Phi) is 3.78. The van der Waals surface area contributed by atoms with Gasteiger partial charge in [0.1, 0.15) is 17.3 Å². The fraction of sp³-hybridized carbons (Fsp3) is 0.545. The summed E-state index contributed by atoms with van der Waals surface area (Å²) in [6.45, 7) is 2.19. The highest BCUT2D eigenvalue weighted by Crippen LogP contribution is 2.20. The summed E-state index contributed by atoms with van der Waals surface area (Å²) in [6, 6.07) is 0.379. The third-order valence-corrected chi connectivity index (χ3v) is 2.93. The van der Waals surface area contributed by atoms with Crippen LogP contribution in [-0.4, -0.2) is 28.5 Å². The van der Waals surface area contributed by atoms with Gasteiger partial charge in [-0.05, 0) is 19.3 Å². The number of amides is 1. The van der Waals surface area contributed by atoms with Crippen molar-refractivity contribution in [1.29, 1.82) is 0 Å². The quantitative estimate of drug-likeness (QED) is 0.779. The molecule has 0 aromatic carbocycles. The van der Waals surface area contributed by atoms with Crippen molar-refractivity contribution < 1.29 is 4.79 Å². The fourth-order valence-corrected chi connectivity index (χ4v) is 1.79. The third kappa shape index (κ3) is 3.30. The molecule has 1 aliphatic carbocycles. The molecular weight excluding hydrogens is 240 g/mol. The number of rotatable bonds is 5. The summed E-state index contributed by atoms with van der Waals surface area (Å²) in [5.74, 6) is 0.628. The van der Waals surface area contributed by atoms with Gasteiger partial charge in [-0.15, -0.1) is 0 Å². The number of nitrogens with zero attached hydrogens (tertiary/aromatic N) is 2. The zero-order valence-corrected chi connectivity index (χ0v) is 10.4. The van der Waals surface area contributed by atoms with Crippen LogP contribution >= 0.6 is 11.6 Å². The third-order valence-electron chi connectivity index (χ3n) is 2.61. The van der Waals surface area contributed by atoms with E-state index in [1.165, 1.54) is 6.33 Å². The molecule has 0 spiro atoms. The van der Waals surface area contributed by atoms with Crippen LogP contribution in [0, 0.1) is 0 Å². The van der Waals surface area contributed by atoms with E-state index in [1.54, 1.807) is 0 Å². The van der Waals surface area contributed by atoms with Crippen LogP contribution in [0.25, 0.3) is 0 Å². The molecular formula is C11H15ClN4O. The molecule has 1 aromatic heterocycles. The van der Waals surface area contributed by atoms with Crippen molar-refractivity contribution in [1.82, 2.24) is 15.3 Å². The Morgan fingerprint density at radius 2 is 2.29 bits per heavy atom. The van der Waals surface area contributed by atoms with E-state index in [-0.39, 0.29) is 12.5 Å². The van der Waals surface area contributed by atoms with Crippen LogP contribution in [0.5, 0.6) is 0 Å². The van der Waals surface area contributed by atoms with E-state index >= 15 is 0 Å². The van der Waals surface area contributed by atoms with E-state index in [0.717, 1.165) is 24.8 Å². The van der Waals surface area contributed by atoms with Crippen molar-refractivity contribution in [3.05, 3.63) is 17.0 Å². The maximum Gasteiger partial charge on any atom is 0.239 e. The summed E-state index contributed by atoms with van der Waals surface area (Å²) >= 11 is 5.95. The molecule has 5 nitrogen and oxygen atoms in total. The van der Waals surface area contributed by atoms with Gasteiger partial charge in [-0.3, -0.25) is 4.79 Å². The number of aromatic nitrogens is 2. The minimum Gasteiger partial charge on any atom is -0.361 e. The lowest BCUT2D eigenvalue weighted by molar-refractivity contribution is -0.119. The topological polar surface area (TPSA) is 66.9 Å². The zero-order valence-electron chi connectivity index (χ0n) is 9.66. The van der Waals surface area contributed by atoms with Crippen LogP contribution in [0.1, 0.15) is 25.3 Å². The van der Waals surface area contributed by atoms with Gasteiger partial charge >= 0.3 is 0 Å². The smallest absolute Gasteiger partial charge is 0.239 e. The van der Waals surface area contributed by atoms with Crippen molar-refractivity contribution in [2.75, 3.05) is 11.9 Å². The first-order valence-corrected chi connectivity index (χ1v) is 6.11. The average Bonchev–Trinajstić information content (AvgIpc) is 3.10. The van der Waals surface area contributed by atoms with Gasteiger partial charge < -0.3 is 10.6 Å². The number of hydrogen-bond acceptors (Lipinski definition) is 4. The highest BCUT2D eigenvalue weighted by atomic mass is 35.5. The molecule has 0 bridgehead atoms. The summed E-state index contributed by atoms with van der Waals surface area (Å²) in [6.07, 6.45) is 4.30. The van der Waals surface area contributed by atoms with Crippen molar-refractivity contribution in [2.45, 2.75) is 32.2 Å². The van der Waals surface area contributed by atoms with Crippen LogP contribution in [0.3, 0.4) is 0 Å². The second-order valence-corrected chi connectivity index (χ2v) is 4.40. The van der Waals surface area contributed by atoms with Gasteiger partial charge in [0.05, 0.1) is 6.54 Å². The molecule has 2 N–H and O–H groups in total. The molecule has 0 unspecified atom stereocenters. The van der Waals surface area contributed by atoms with Crippen LogP contribution in [-0.2, 0) is 11.2 Å². The van der Waals surface area contributed by atoms with E-state index in [0.29, 0.717) is 17.0 Å². The number of carbonyl (C=O) groups excluding carboxylic acids is 1. The maximum atomic E-state index is 11.5. The molecule has 1 aliphatic rings. The number of halogens is 1. The highest BCUT2D eigenvalue weighted by Gasteiger charge is 2.23. The highest BCUT2D eigenvalue weighted by molar-refractivity contribution is 6.30. The van der Waals surface area contributed by atoms with Crippen LogP contribution in [0.4, 0.5) is 5.82 Å². The van der Waals surface area contributed by atoms with E-state index in [1.807, 2.05) is 6.92 Å². The van der Waals surface area contributed by atoms with Gasteiger partial charge in [-0.25, -0.2) is 9.97 Å². The minimum absolute atomic E-state index is 0.00992. The maximum absolute atomic E-state index is 11.5. The first-order chi connectivity index (χ1) is 8.20. The number of anilines is 1. The Morgan fingerprint density at radius 1 is 1.53 bits per heavy atom.